The minimum Gasteiger partial charge on any atom is -0.450 e. The minimum atomic E-state index is -5.13. The Kier molecular flexibility index (Phi) is 11.2. The van der Waals surface area contributed by atoms with Gasteiger partial charge in [-0.2, -0.15) is 8.78 Å². The Morgan fingerprint density at radius 1 is 1.03 bits per heavy atom. The lowest BCUT2D eigenvalue weighted by atomic mass is 10.1. The first-order valence-electron chi connectivity index (χ1n) is 11.6. The average molecular weight is 543 g/mol. The molecule has 6 nitrogen and oxygen atoms in total. The minimum absolute atomic E-state index is 0.0167. The summed E-state index contributed by atoms with van der Waals surface area (Å²) in [6.45, 7) is 7.51. The number of halogens is 2. The maximum atomic E-state index is 16.2. The van der Waals surface area contributed by atoms with E-state index in [1.54, 1.807) is 62.4 Å². The van der Waals surface area contributed by atoms with Crippen LogP contribution in [0.2, 0.25) is 0 Å². The molecule has 0 heterocycles. The van der Waals surface area contributed by atoms with Gasteiger partial charge in [0.25, 0.3) is 0 Å². The van der Waals surface area contributed by atoms with Crippen molar-refractivity contribution in [3.63, 3.8) is 0 Å². The standard InChI is InChI=1S/C26H33F2O6PS/c1-6-32-35(30,33-7-2)26(27,28)24(34-25(29)21-11-9-8-10-12-21)23(18-13-19(3)4)36(31)22-16-14-20(5)15-17-22/h8-17,23-24H,6-7,18H2,1-5H3/t23-,24+,36?/m0/s1. The molecule has 0 aliphatic carbocycles. The number of rotatable bonds is 13. The van der Waals surface area contributed by atoms with Crippen LogP contribution < -0.4 is 0 Å². The number of carbonyl (C=O) groups is 1. The van der Waals surface area contributed by atoms with Crippen LogP contribution in [0.25, 0.3) is 0 Å². The summed E-state index contributed by atoms with van der Waals surface area (Å²) >= 11 is 0. The van der Waals surface area contributed by atoms with Crippen LogP contribution in [-0.2, 0) is 29.1 Å². The van der Waals surface area contributed by atoms with Crippen molar-refractivity contribution in [1.29, 1.82) is 0 Å². The highest BCUT2D eigenvalue weighted by Gasteiger charge is 2.63. The van der Waals surface area contributed by atoms with Crippen molar-refractivity contribution in [2.75, 3.05) is 13.2 Å². The largest absolute Gasteiger partial charge is 0.450 e. The van der Waals surface area contributed by atoms with Crippen LogP contribution in [0.15, 0.2) is 71.1 Å². The molecule has 1 unspecified atom stereocenters. The van der Waals surface area contributed by atoms with Crippen molar-refractivity contribution < 1.29 is 36.1 Å². The van der Waals surface area contributed by atoms with Crippen LogP contribution in [0.5, 0.6) is 0 Å². The fraction of sp³-hybridized carbons (Fsp3) is 0.423. The maximum absolute atomic E-state index is 16.2. The molecule has 10 heteroatoms. The summed E-state index contributed by atoms with van der Waals surface area (Å²) < 4.78 is 74.6. The summed E-state index contributed by atoms with van der Waals surface area (Å²) in [4.78, 5) is 13.2. The molecule has 3 atom stereocenters. The van der Waals surface area contributed by atoms with Gasteiger partial charge >= 0.3 is 19.2 Å². The predicted molar refractivity (Wildman–Crippen MR) is 137 cm³/mol. The Morgan fingerprint density at radius 2 is 1.58 bits per heavy atom. The van der Waals surface area contributed by atoms with Gasteiger partial charge in [0.05, 0.1) is 34.8 Å². The molecule has 2 aromatic rings. The van der Waals surface area contributed by atoms with Gasteiger partial charge in [-0.05, 0) is 65.3 Å². The van der Waals surface area contributed by atoms with E-state index in [0.29, 0.717) is 0 Å². The Balaban J connectivity index is 2.68. The number of ether oxygens (including phenoxy) is 1. The van der Waals surface area contributed by atoms with Crippen molar-refractivity contribution >= 4 is 24.4 Å². The van der Waals surface area contributed by atoms with Gasteiger partial charge in [0.1, 0.15) is 0 Å². The molecule has 0 saturated carbocycles. The molecular weight excluding hydrogens is 509 g/mol. The molecule has 0 N–H and O–H groups in total. The second-order valence-corrected chi connectivity index (χ2v) is 12.1. The second kappa shape index (κ2) is 13.4. The van der Waals surface area contributed by atoms with Crippen LogP contribution in [0.4, 0.5) is 8.78 Å². The summed E-state index contributed by atoms with van der Waals surface area (Å²) in [5.74, 6) is -1.07. The number of hydrogen-bond acceptors (Lipinski definition) is 6. The molecule has 2 aromatic carbocycles. The van der Waals surface area contributed by atoms with Gasteiger partial charge in [0.2, 0.25) is 0 Å². The lowest BCUT2D eigenvalue weighted by Gasteiger charge is -2.35. The molecule has 0 bridgehead atoms. The molecule has 0 fully saturated rings. The van der Waals surface area contributed by atoms with E-state index in [1.165, 1.54) is 26.0 Å². The smallest absolute Gasteiger partial charge is 0.403 e. The van der Waals surface area contributed by atoms with Crippen LogP contribution >= 0.6 is 7.60 Å². The van der Waals surface area contributed by atoms with Crippen LogP contribution in [0, 0.1) is 6.92 Å². The van der Waals surface area contributed by atoms with Crippen molar-refractivity contribution in [1.82, 2.24) is 0 Å². The van der Waals surface area contributed by atoms with Crippen molar-refractivity contribution in [2.45, 2.75) is 63.0 Å². The molecule has 0 amide bonds. The number of alkyl halides is 2. The molecular formula is C26H33F2O6PS. The zero-order valence-electron chi connectivity index (χ0n) is 21.1. The zero-order valence-corrected chi connectivity index (χ0v) is 22.8. The number of allylic oxidation sites excluding steroid dienone is 2. The molecule has 0 aromatic heterocycles. The Morgan fingerprint density at radius 3 is 2.08 bits per heavy atom. The van der Waals surface area contributed by atoms with E-state index < -0.39 is 41.4 Å². The van der Waals surface area contributed by atoms with Gasteiger partial charge in [-0.25, -0.2) is 4.79 Å². The Bertz CT molecular complexity index is 1090. The number of aryl methyl sites for hydroxylation is 1. The van der Waals surface area contributed by atoms with Gasteiger partial charge in [-0.15, -0.1) is 0 Å². The fourth-order valence-corrected chi connectivity index (χ4v) is 6.58. The van der Waals surface area contributed by atoms with E-state index in [1.807, 2.05) is 6.92 Å². The fourth-order valence-electron chi connectivity index (χ4n) is 3.36. The number of esters is 1. The summed E-state index contributed by atoms with van der Waals surface area (Å²) in [7, 11) is -7.20. The monoisotopic (exact) mass is 542 g/mol. The lowest BCUT2D eigenvalue weighted by molar-refractivity contribution is -0.0779. The van der Waals surface area contributed by atoms with E-state index >= 15 is 8.78 Å². The third-order valence-corrected chi connectivity index (χ3v) is 9.08. The maximum Gasteiger partial charge on any atom is 0.403 e. The third kappa shape index (κ3) is 7.42. The van der Waals surface area contributed by atoms with Crippen molar-refractivity contribution in [3.05, 3.63) is 77.4 Å². The second-order valence-electron chi connectivity index (χ2n) is 8.28. The number of carbonyl (C=O) groups excluding carboxylic acids is 1. The van der Waals surface area contributed by atoms with Crippen LogP contribution in [0.3, 0.4) is 0 Å². The highest BCUT2D eigenvalue weighted by atomic mass is 32.2. The van der Waals surface area contributed by atoms with E-state index in [0.717, 1.165) is 11.1 Å². The van der Waals surface area contributed by atoms with Crippen LogP contribution in [0.1, 0.15) is 50.0 Å². The Hall–Kier alpha value is -2.19. The van der Waals surface area contributed by atoms with E-state index in [2.05, 4.69) is 0 Å². The Labute approximate surface area is 214 Å². The van der Waals surface area contributed by atoms with Gasteiger partial charge in [0.15, 0.2) is 6.10 Å². The van der Waals surface area contributed by atoms with E-state index in [9.17, 15) is 13.6 Å². The first kappa shape index (κ1) is 30.0. The summed E-state index contributed by atoms with van der Waals surface area (Å²) in [6, 6.07) is 14.1. The van der Waals surface area contributed by atoms with Crippen molar-refractivity contribution in [3.8, 4) is 0 Å². The van der Waals surface area contributed by atoms with Crippen LogP contribution in [-0.4, -0.2) is 40.4 Å². The molecule has 0 spiro atoms. The number of benzene rings is 2. The van der Waals surface area contributed by atoms with Gasteiger partial charge < -0.3 is 13.8 Å². The summed E-state index contributed by atoms with van der Waals surface area (Å²) in [5, 5.41) is -1.46. The molecule has 0 radical (unpaired) electrons. The molecule has 2 rings (SSSR count). The summed E-state index contributed by atoms with van der Waals surface area (Å²) in [5.41, 5.74) is -2.60. The zero-order chi connectivity index (χ0) is 26.9. The summed E-state index contributed by atoms with van der Waals surface area (Å²) in [6.07, 6.45) is -0.891. The first-order chi connectivity index (χ1) is 17.0. The quantitative estimate of drug-likeness (QED) is 0.155. The van der Waals surface area contributed by atoms with E-state index in [-0.39, 0.29) is 30.1 Å². The van der Waals surface area contributed by atoms with Gasteiger partial charge in [-0.3, -0.25) is 8.77 Å². The van der Waals surface area contributed by atoms with Crippen molar-refractivity contribution in [2.24, 2.45) is 0 Å². The molecule has 0 aliphatic rings. The normalized spacial score (nSPS) is 14.5. The SMILES string of the molecule is CCOP(=O)(OCC)C(F)(F)[C@H](OC(=O)c1ccccc1)[C@H](CC=C(C)C)S(=O)c1ccc(C)cc1. The van der Waals surface area contributed by atoms with Gasteiger partial charge in [0, 0.05) is 4.90 Å². The average Bonchev–Trinajstić information content (AvgIpc) is 2.84. The first-order valence-corrected chi connectivity index (χ1v) is 14.4. The predicted octanol–water partition coefficient (Wildman–Crippen LogP) is 6.91. The molecule has 0 aliphatic heterocycles. The van der Waals surface area contributed by atoms with Gasteiger partial charge in [-0.1, -0.05) is 47.5 Å². The highest BCUT2D eigenvalue weighted by Crippen LogP contribution is 2.64. The molecule has 198 valence electrons. The number of hydrogen-bond donors (Lipinski definition) is 0. The lowest BCUT2D eigenvalue weighted by Crippen LogP contribution is -2.48. The molecule has 36 heavy (non-hydrogen) atoms. The van der Waals surface area contributed by atoms with E-state index in [4.69, 9.17) is 13.8 Å². The molecule has 0 saturated heterocycles. The third-order valence-electron chi connectivity index (χ3n) is 5.17. The highest BCUT2D eigenvalue weighted by molar-refractivity contribution is 7.85. The topological polar surface area (TPSA) is 78.9 Å².